The summed E-state index contributed by atoms with van der Waals surface area (Å²) in [7, 11) is -2.71. The largest absolute Gasteiger partial charge is 0.452 e. The molecular formula is C6H11BrN2O4S. The van der Waals surface area contributed by atoms with Crippen molar-refractivity contribution in [3.05, 3.63) is 0 Å². The number of hydrogen-bond acceptors (Lipinski definition) is 4. The van der Waals surface area contributed by atoms with Gasteiger partial charge in [-0.25, -0.2) is 9.52 Å². The van der Waals surface area contributed by atoms with Crippen molar-refractivity contribution >= 4 is 32.2 Å². The lowest BCUT2D eigenvalue weighted by atomic mass is 10.4. The molecule has 0 radical (unpaired) electrons. The molecule has 0 unspecified atom stereocenters. The topological polar surface area (TPSA) is 84.5 Å². The van der Waals surface area contributed by atoms with Gasteiger partial charge in [-0.1, -0.05) is 15.9 Å². The fourth-order valence-corrected chi connectivity index (χ4v) is 2.96. The lowest BCUT2D eigenvalue weighted by molar-refractivity contribution is 0.177. The van der Waals surface area contributed by atoms with E-state index in [-0.39, 0.29) is 0 Å². The zero-order valence-corrected chi connectivity index (χ0v) is 9.94. The Bertz CT molecular complexity index is 325. The summed E-state index contributed by atoms with van der Waals surface area (Å²) in [5, 5.41) is 0.530. The summed E-state index contributed by atoms with van der Waals surface area (Å²) >= 11 is 3.20. The molecule has 82 valence electrons. The Hall–Kier alpha value is -0.340. The molecule has 0 heterocycles. The average Bonchev–Trinajstić information content (AvgIpc) is 2.83. The number of alkyl halides is 1. The molecule has 0 aromatic heterocycles. The van der Waals surface area contributed by atoms with Crippen LogP contribution in [0, 0.1) is 0 Å². The smallest absolute Gasteiger partial charge is 0.421 e. The third kappa shape index (κ3) is 3.10. The van der Waals surface area contributed by atoms with Crippen LogP contribution in [-0.4, -0.2) is 32.5 Å². The maximum absolute atomic E-state index is 11.3. The van der Waals surface area contributed by atoms with Crippen LogP contribution in [-0.2, 0) is 14.9 Å². The molecule has 0 aromatic carbocycles. The summed E-state index contributed by atoms with van der Waals surface area (Å²) in [5.74, 6) is 0. The first-order valence-corrected chi connectivity index (χ1v) is 6.49. The van der Waals surface area contributed by atoms with E-state index in [4.69, 9.17) is 0 Å². The van der Waals surface area contributed by atoms with E-state index in [2.05, 4.69) is 25.4 Å². The summed E-state index contributed by atoms with van der Waals surface area (Å²) in [6.45, 7) is 0. The third-order valence-electron chi connectivity index (χ3n) is 1.86. The van der Waals surface area contributed by atoms with Gasteiger partial charge in [0.25, 0.3) is 0 Å². The number of halogens is 1. The molecule has 1 fully saturated rings. The van der Waals surface area contributed by atoms with Crippen LogP contribution in [0.2, 0.25) is 0 Å². The second-order valence-corrected chi connectivity index (χ2v) is 5.09. The molecule has 0 aromatic rings. The van der Waals surface area contributed by atoms with Gasteiger partial charge in [-0.3, -0.25) is 0 Å². The number of rotatable bonds is 4. The van der Waals surface area contributed by atoms with E-state index in [1.165, 1.54) is 0 Å². The number of nitrogens with one attached hydrogen (secondary N) is 2. The van der Waals surface area contributed by atoms with Gasteiger partial charge in [0, 0.05) is 10.9 Å². The number of hydrogen-bond donors (Lipinski definition) is 2. The fourth-order valence-electron chi connectivity index (χ4n) is 0.876. The molecule has 1 rings (SSSR count). The molecule has 2 N–H and O–H groups in total. The first-order chi connectivity index (χ1) is 6.43. The van der Waals surface area contributed by atoms with E-state index in [1.807, 2.05) is 0 Å². The Kier molecular flexibility index (Phi) is 3.38. The molecule has 1 saturated carbocycles. The Balaban J connectivity index is 2.54. The molecule has 0 bridgehead atoms. The summed E-state index contributed by atoms with van der Waals surface area (Å²) in [6, 6.07) is 0. The van der Waals surface area contributed by atoms with Gasteiger partial charge in [0.15, 0.2) is 0 Å². The first-order valence-electron chi connectivity index (χ1n) is 3.89. The van der Waals surface area contributed by atoms with Crippen LogP contribution in [0.25, 0.3) is 0 Å². The summed E-state index contributed by atoms with van der Waals surface area (Å²) in [4.78, 5) is 10.7. The molecule has 0 aliphatic heterocycles. The van der Waals surface area contributed by atoms with Gasteiger partial charge < -0.3 is 4.74 Å². The van der Waals surface area contributed by atoms with Crippen molar-refractivity contribution in [2.75, 3.05) is 12.4 Å². The van der Waals surface area contributed by atoms with Gasteiger partial charge in [-0.05, 0) is 12.8 Å². The Labute approximate surface area is 90.7 Å². The van der Waals surface area contributed by atoms with Crippen LogP contribution in [0.5, 0.6) is 0 Å². The normalized spacial score (nSPS) is 18.7. The highest BCUT2D eigenvalue weighted by molar-refractivity contribution is 9.09. The predicted molar refractivity (Wildman–Crippen MR) is 53.4 cm³/mol. The maximum Gasteiger partial charge on any atom is 0.421 e. The van der Waals surface area contributed by atoms with Crippen molar-refractivity contribution in [1.82, 2.24) is 9.44 Å². The van der Waals surface area contributed by atoms with Crippen molar-refractivity contribution in [2.24, 2.45) is 0 Å². The number of carbonyl (C=O) groups excluding carboxylic acids is 1. The molecule has 1 aliphatic carbocycles. The lowest BCUT2D eigenvalue weighted by Gasteiger charge is -2.14. The standard InChI is InChI=1S/C6H11BrN2O4S/c1-13-5(10)8-14(11,12)9-6(4-7)2-3-6/h9H,2-4H2,1H3,(H,8,10). The SMILES string of the molecule is COC(=O)NS(=O)(=O)NC1(CBr)CC1. The lowest BCUT2D eigenvalue weighted by Crippen LogP contribution is -2.47. The number of ether oxygens (including phenoxy) is 1. The second kappa shape index (κ2) is 4.03. The van der Waals surface area contributed by atoms with E-state index < -0.39 is 21.8 Å². The van der Waals surface area contributed by atoms with Gasteiger partial charge in [-0.15, -0.1) is 0 Å². The van der Waals surface area contributed by atoms with Crippen LogP contribution in [0.3, 0.4) is 0 Å². The molecule has 6 nitrogen and oxygen atoms in total. The van der Waals surface area contributed by atoms with Crippen LogP contribution >= 0.6 is 15.9 Å². The average molecular weight is 287 g/mol. The second-order valence-electron chi connectivity index (χ2n) is 3.11. The Morgan fingerprint density at radius 1 is 1.57 bits per heavy atom. The van der Waals surface area contributed by atoms with Gasteiger partial charge in [0.05, 0.1) is 7.11 Å². The number of amides is 1. The van der Waals surface area contributed by atoms with Crippen LogP contribution < -0.4 is 9.44 Å². The molecule has 0 saturated heterocycles. The van der Waals surface area contributed by atoms with Crippen LogP contribution in [0.1, 0.15) is 12.8 Å². The molecule has 14 heavy (non-hydrogen) atoms. The molecule has 1 amide bonds. The van der Waals surface area contributed by atoms with E-state index >= 15 is 0 Å². The summed E-state index contributed by atoms with van der Waals surface area (Å²) in [5.41, 5.74) is -0.431. The number of methoxy groups -OCH3 is 1. The van der Waals surface area contributed by atoms with E-state index in [0.717, 1.165) is 20.0 Å². The third-order valence-corrected chi connectivity index (χ3v) is 4.07. The van der Waals surface area contributed by atoms with Crippen molar-refractivity contribution in [3.8, 4) is 0 Å². The predicted octanol–water partition coefficient (Wildman–Crippen LogP) is 0.104. The fraction of sp³-hybridized carbons (Fsp3) is 0.833. The highest BCUT2D eigenvalue weighted by atomic mass is 79.9. The van der Waals surface area contributed by atoms with Crippen molar-refractivity contribution in [1.29, 1.82) is 0 Å². The van der Waals surface area contributed by atoms with Crippen LogP contribution in [0.4, 0.5) is 4.79 Å². The van der Waals surface area contributed by atoms with Crippen molar-refractivity contribution in [3.63, 3.8) is 0 Å². The summed E-state index contributed by atoms with van der Waals surface area (Å²) in [6.07, 6.45) is 0.531. The van der Waals surface area contributed by atoms with E-state index in [0.29, 0.717) is 5.33 Å². The molecule has 1 aliphatic rings. The highest BCUT2D eigenvalue weighted by Gasteiger charge is 2.45. The minimum absolute atomic E-state index is 0.431. The minimum Gasteiger partial charge on any atom is -0.452 e. The Morgan fingerprint density at radius 3 is 2.50 bits per heavy atom. The number of carbonyl (C=O) groups is 1. The van der Waals surface area contributed by atoms with Gasteiger partial charge in [-0.2, -0.15) is 13.1 Å². The Morgan fingerprint density at radius 2 is 2.14 bits per heavy atom. The van der Waals surface area contributed by atoms with E-state index in [1.54, 1.807) is 4.72 Å². The van der Waals surface area contributed by atoms with Gasteiger partial charge in [0.1, 0.15) is 0 Å². The van der Waals surface area contributed by atoms with E-state index in [9.17, 15) is 13.2 Å². The van der Waals surface area contributed by atoms with Crippen molar-refractivity contribution < 1.29 is 17.9 Å². The maximum atomic E-state index is 11.3. The van der Waals surface area contributed by atoms with Crippen LogP contribution in [0.15, 0.2) is 0 Å². The molecular weight excluding hydrogens is 276 g/mol. The van der Waals surface area contributed by atoms with Gasteiger partial charge in [0.2, 0.25) is 0 Å². The zero-order chi connectivity index (χ0) is 10.8. The quantitative estimate of drug-likeness (QED) is 0.718. The molecule has 8 heteroatoms. The molecule has 0 atom stereocenters. The first kappa shape index (κ1) is 11.7. The zero-order valence-electron chi connectivity index (χ0n) is 7.54. The highest BCUT2D eigenvalue weighted by Crippen LogP contribution is 2.37. The van der Waals surface area contributed by atoms with Gasteiger partial charge >= 0.3 is 16.3 Å². The summed E-state index contributed by atoms with van der Waals surface area (Å²) < 4.78 is 30.8. The van der Waals surface area contributed by atoms with Crippen molar-refractivity contribution in [2.45, 2.75) is 18.4 Å². The minimum atomic E-state index is -3.80. The monoisotopic (exact) mass is 286 g/mol. The molecule has 0 spiro atoms.